The summed E-state index contributed by atoms with van der Waals surface area (Å²) < 4.78 is 37.8. The number of nitrogens with one attached hydrogen (secondary N) is 6. The molecule has 4 aliphatic rings. The Morgan fingerprint density at radius 1 is 0.835 bits per heavy atom. The third-order valence-corrected chi connectivity index (χ3v) is 20.9. The molecule has 30 nitrogen and oxygen atoms in total. The van der Waals surface area contributed by atoms with Crippen molar-refractivity contribution in [2.45, 2.75) is 108 Å². The Morgan fingerprint density at radius 2 is 1.49 bits per heavy atom. The van der Waals surface area contributed by atoms with E-state index in [1.807, 2.05) is 0 Å². The van der Waals surface area contributed by atoms with Gasteiger partial charge in [-0.3, -0.25) is 28.8 Å². The topological polar surface area (TPSA) is 422 Å². The number of rotatable bonds is 9. The summed E-state index contributed by atoms with van der Waals surface area (Å²) in [5.41, 5.74) is 4.22. The number of allylic oxidation sites excluding steroid dienone is 1. The van der Waals surface area contributed by atoms with Gasteiger partial charge in [0, 0.05) is 60.9 Å². The molecule has 97 heavy (non-hydrogen) atoms. The van der Waals surface area contributed by atoms with Crippen LogP contribution in [0.3, 0.4) is 0 Å². The van der Waals surface area contributed by atoms with Crippen LogP contribution in [-0.2, 0) is 56.0 Å². The fourth-order valence-corrected chi connectivity index (χ4v) is 16.0. The van der Waals surface area contributed by atoms with E-state index in [4.69, 9.17) is 44.1 Å². The van der Waals surface area contributed by atoms with Crippen molar-refractivity contribution in [1.82, 2.24) is 61.4 Å². The number of aromatic amines is 1. The first-order valence-electron chi connectivity index (χ1n) is 29.7. The first-order chi connectivity index (χ1) is 46.2. The van der Waals surface area contributed by atoms with E-state index >= 15 is 9.59 Å². The minimum absolute atomic E-state index is 0.00840. The van der Waals surface area contributed by atoms with Crippen LogP contribution < -0.4 is 32.3 Å². The number of aromatic nitrogens is 6. The molecular formula is C62H61N13O17S5. The zero-order chi connectivity index (χ0) is 69.0. The van der Waals surface area contributed by atoms with Crippen LogP contribution in [0.5, 0.6) is 5.75 Å². The number of hydrogen-bond donors (Lipinski definition) is 10. The summed E-state index contributed by atoms with van der Waals surface area (Å²) >= 11 is 4.75. The van der Waals surface area contributed by atoms with Crippen molar-refractivity contribution >= 4 is 121 Å². The van der Waals surface area contributed by atoms with Crippen molar-refractivity contribution in [3.63, 3.8) is 0 Å². The van der Waals surface area contributed by atoms with Gasteiger partial charge in [-0.25, -0.2) is 34.5 Å². The molecule has 0 radical (unpaired) electrons. The number of nitrogens with zero attached hydrogens (tertiary/aromatic N) is 6. The minimum atomic E-state index is -1.85. The number of carbonyl (C=O) groups is 8. The number of phenolic OH excluding ortho intramolecular Hbond substituents is 1. The molecule has 6 amide bonds. The standard InChI is InChI=1S/C62H61N13O17S5/c1-23(49(63)78)64-50(79)35-19-94-56(69-35)30-12-28-29(13-39(30)77)55-68-37(20-93-55)52(81)72-42(24(2)76)54(83)73-43(25(3)87-8)58-70-38(22-96-58)53(82)74-45-46-47(92-40-14-62(5,86)48(75(6)7)26(4)91-40)61(85)89-15-27-10-9-11-32-41(27)31(16-88-46)44(65-32)60(84)90-17-33(57-67-34(28)18-95-57)66-51(80)36-21-97-59(45)71-36/h9-13,18-22,24,26,33,40,42,45-48,65,76-77,86H,1,14-17H2,2-8H3,(H2,63,78)(H,64,79)(H,66,80)(H,72,81)(H,73,83)(H,74,82). The van der Waals surface area contributed by atoms with E-state index in [0.717, 1.165) is 56.7 Å². The van der Waals surface area contributed by atoms with Crippen LogP contribution in [0.1, 0.15) is 125 Å². The number of primary amides is 1. The normalized spacial score (nSPS) is 24.1. The van der Waals surface area contributed by atoms with E-state index in [0.29, 0.717) is 16.5 Å². The fraction of sp³-hybridized carbons (Fsp3) is 0.339. The van der Waals surface area contributed by atoms with Crippen LogP contribution in [0.2, 0.25) is 0 Å². The predicted octanol–water partition coefficient (Wildman–Crippen LogP) is 4.79. The highest BCUT2D eigenvalue weighted by Crippen LogP contribution is 2.44. The van der Waals surface area contributed by atoms with Gasteiger partial charge in [0.1, 0.15) is 108 Å². The maximum absolute atomic E-state index is 15.2. The van der Waals surface area contributed by atoms with E-state index in [1.54, 1.807) is 56.4 Å². The van der Waals surface area contributed by atoms with Gasteiger partial charge in [-0.1, -0.05) is 18.7 Å². The number of phenols is 1. The van der Waals surface area contributed by atoms with Gasteiger partial charge in [0.15, 0.2) is 12.4 Å². The van der Waals surface area contributed by atoms with Crippen LogP contribution >= 0.6 is 56.7 Å². The number of aliphatic hydroxyl groups is 2. The third kappa shape index (κ3) is 13.6. The molecule has 1 saturated heterocycles. The molecule has 6 aromatic heterocycles. The van der Waals surface area contributed by atoms with Crippen LogP contribution in [0.4, 0.5) is 0 Å². The number of cyclic esters (lactones) is 2. The highest BCUT2D eigenvalue weighted by Gasteiger charge is 2.50. The number of likely N-dealkylation sites (N-methyl/N-ethyl adjacent to an activating group) is 1. The van der Waals surface area contributed by atoms with Gasteiger partial charge in [-0.15, -0.1) is 56.7 Å². The fourth-order valence-electron chi connectivity index (χ4n) is 11.8. The van der Waals surface area contributed by atoms with Gasteiger partial charge in [-0.2, -0.15) is 0 Å². The summed E-state index contributed by atoms with van der Waals surface area (Å²) in [5, 5.41) is 56.3. The first kappa shape index (κ1) is 67.7. The van der Waals surface area contributed by atoms with Crippen molar-refractivity contribution < 1.29 is 82.1 Å². The average Bonchev–Trinajstić information content (AvgIpc) is 1.76. The first-order valence-corrected chi connectivity index (χ1v) is 34.0. The number of thiazole rings is 5. The van der Waals surface area contributed by atoms with Gasteiger partial charge < -0.3 is 85.9 Å². The van der Waals surface area contributed by atoms with E-state index in [-0.39, 0.29) is 112 Å². The lowest BCUT2D eigenvalue weighted by Gasteiger charge is -2.48. The number of ether oxygens (including phenoxy) is 6. The monoisotopic (exact) mass is 1420 g/mol. The molecule has 0 saturated carbocycles. The number of esters is 2. The maximum atomic E-state index is 15.2. The molecule has 12 rings (SSSR count). The molecule has 4 aliphatic heterocycles. The summed E-state index contributed by atoms with van der Waals surface area (Å²) in [4.78, 5) is 142. The number of nitrogens with two attached hydrogens (primary N) is 1. The van der Waals surface area contributed by atoms with E-state index in [1.165, 1.54) is 54.6 Å². The Labute approximate surface area is 570 Å². The second kappa shape index (κ2) is 27.3. The zero-order valence-corrected chi connectivity index (χ0v) is 56.4. The quantitative estimate of drug-likeness (QED) is 0.0527. The summed E-state index contributed by atoms with van der Waals surface area (Å²) in [7, 11) is 4.89. The van der Waals surface area contributed by atoms with E-state index < -0.39 is 127 Å². The lowest BCUT2D eigenvalue weighted by molar-refractivity contribution is -0.280. The Balaban J connectivity index is 1.03. The second-order valence-electron chi connectivity index (χ2n) is 23.4. The lowest BCUT2D eigenvalue weighted by atomic mass is 9.85. The summed E-state index contributed by atoms with van der Waals surface area (Å²) in [6.07, 6.45) is -7.27. The Morgan fingerprint density at radius 3 is 2.22 bits per heavy atom. The van der Waals surface area contributed by atoms with E-state index in [2.05, 4.69) is 53.1 Å². The lowest BCUT2D eigenvalue weighted by Crippen LogP contribution is -2.62. The van der Waals surface area contributed by atoms with Crippen LogP contribution in [0.25, 0.3) is 49.0 Å². The summed E-state index contributed by atoms with van der Waals surface area (Å²) in [6.45, 7) is 8.17. The molecule has 12 bridgehead atoms. The third-order valence-electron chi connectivity index (χ3n) is 16.4. The SMILES string of the molecule is C=C(NC(=O)c1csc(-c2cc3c(cc2O)-c2nc(cs2)C(=O)NC(C(C)O)C(=O)NC(=C(C)OC)c2nc(cs2)C(=O)NC2c4nc(cs4)C(=O)NC(COC(=O)c4[nH]c5cccc6c5c4COC2C(OC2CC(C)(O)C(N(C)C)C(C)O2)C(=O)OC6)c2nc-3cs2)n1)C(N)=O. The summed E-state index contributed by atoms with van der Waals surface area (Å²) in [6, 6.07) is 2.88. The maximum Gasteiger partial charge on any atom is 0.355 e. The second-order valence-corrected chi connectivity index (χ2v) is 27.7. The number of fused-ring (bicyclic) bond motifs is 15. The molecule has 10 unspecified atom stereocenters. The molecule has 1 fully saturated rings. The smallest absolute Gasteiger partial charge is 0.355 e. The Kier molecular flexibility index (Phi) is 19.1. The average molecular weight is 1420 g/mol. The molecule has 11 N–H and O–H groups in total. The number of aliphatic hydroxyl groups excluding tert-OH is 1. The highest BCUT2D eigenvalue weighted by molar-refractivity contribution is 7.14. The van der Waals surface area contributed by atoms with Crippen LogP contribution in [-0.4, -0.2) is 174 Å². The minimum Gasteiger partial charge on any atom is -0.507 e. The van der Waals surface area contributed by atoms with Crippen molar-refractivity contribution in [3.8, 4) is 38.1 Å². The molecule has 10 atom stereocenters. The molecule has 8 aromatic rings. The molecule has 35 heteroatoms. The summed E-state index contributed by atoms with van der Waals surface area (Å²) in [5.74, 6) is -7.61. The van der Waals surface area contributed by atoms with Gasteiger partial charge in [0.2, 0.25) is 5.91 Å². The van der Waals surface area contributed by atoms with Crippen molar-refractivity contribution in [2.24, 2.45) is 5.73 Å². The number of H-pyrrole nitrogens is 1. The van der Waals surface area contributed by atoms with Gasteiger partial charge in [-0.05, 0) is 65.6 Å². The van der Waals surface area contributed by atoms with Crippen LogP contribution in [0.15, 0.2) is 75.3 Å². The van der Waals surface area contributed by atoms with Gasteiger partial charge in [0.25, 0.3) is 29.5 Å². The van der Waals surface area contributed by atoms with Crippen molar-refractivity contribution in [2.75, 3.05) is 27.8 Å². The number of hydrogen-bond acceptors (Lipinski definition) is 28. The molecule has 0 aliphatic carbocycles. The number of methoxy groups -OCH3 is 1. The Hall–Kier alpha value is -9.27. The number of amides is 6. The van der Waals surface area contributed by atoms with E-state index in [9.17, 15) is 44.1 Å². The molecular weight excluding hydrogens is 1360 g/mol. The highest BCUT2D eigenvalue weighted by atomic mass is 32.1. The van der Waals surface area contributed by atoms with Gasteiger partial charge in [0.05, 0.1) is 54.5 Å². The molecule has 2 aromatic carbocycles. The van der Waals surface area contributed by atoms with Gasteiger partial charge >= 0.3 is 11.9 Å². The molecule has 0 spiro atoms. The van der Waals surface area contributed by atoms with Crippen LogP contribution in [0, 0.1) is 0 Å². The van der Waals surface area contributed by atoms with Crippen molar-refractivity contribution in [3.05, 3.63) is 130 Å². The Bertz CT molecular complexity index is 4540. The molecule has 10 heterocycles. The molecule has 506 valence electrons. The number of aromatic hydroxyl groups is 1. The number of carbonyl (C=O) groups excluding carboxylic acids is 8. The predicted molar refractivity (Wildman–Crippen MR) is 351 cm³/mol. The van der Waals surface area contributed by atoms with Crippen molar-refractivity contribution in [1.29, 1.82) is 0 Å². The largest absolute Gasteiger partial charge is 0.507 e. The number of benzene rings is 2. The zero-order valence-electron chi connectivity index (χ0n) is 52.4.